The first kappa shape index (κ1) is 10.2. The van der Waals surface area contributed by atoms with E-state index in [1.807, 2.05) is 0 Å². The third-order valence-electron chi connectivity index (χ3n) is 3.79. The van der Waals surface area contributed by atoms with E-state index in [4.69, 9.17) is 0 Å². The van der Waals surface area contributed by atoms with Crippen LogP contribution >= 0.6 is 0 Å². The second kappa shape index (κ2) is 4.45. The minimum atomic E-state index is 0.555. The third kappa shape index (κ3) is 2.01. The maximum Gasteiger partial charge on any atom is 0.0248 e. The number of hydrogen-bond acceptors (Lipinski definition) is 2. The summed E-state index contributed by atoms with van der Waals surface area (Å²) in [4.78, 5) is 5.25. The summed E-state index contributed by atoms with van der Waals surface area (Å²) in [6.45, 7) is 11.2. The molecule has 0 saturated carbocycles. The van der Waals surface area contributed by atoms with Gasteiger partial charge in [0, 0.05) is 31.7 Å². The number of fused-ring (bicyclic) bond motifs is 1. The van der Waals surface area contributed by atoms with Crippen molar-refractivity contribution in [2.75, 3.05) is 26.2 Å². The van der Waals surface area contributed by atoms with Crippen molar-refractivity contribution >= 4 is 0 Å². The van der Waals surface area contributed by atoms with Crippen molar-refractivity contribution in [3.63, 3.8) is 0 Å². The topological polar surface area (TPSA) is 6.48 Å². The van der Waals surface area contributed by atoms with Crippen LogP contribution in [0.5, 0.6) is 0 Å². The number of rotatable bonds is 2. The first-order valence-corrected chi connectivity index (χ1v) is 5.92. The van der Waals surface area contributed by atoms with Crippen molar-refractivity contribution in [2.45, 2.75) is 38.3 Å². The van der Waals surface area contributed by atoms with Gasteiger partial charge in [-0.1, -0.05) is 12.5 Å². The smallest absolute Gasteiger partial charge is 0.0248 e. The zero-order chi connectivity index (χ0) is 9.97. The molecule has 0 aromatic heterocycles. The van der Waals surface area contributed by atoms with Crippen molar-refractivity contribution in [1.29, 1.82) is 0 Å². The number of piperazine rings is 1. The van der Waals surface area contributed by atoms with E-state index in [0.29, 0.717) is 6.04 Å². The van der Waals surface area contributed by atoms with Crippen LogP contribution in [0.15, 0.2) is 12.7 Å². The van der Waals surface area contributed by atoms with Crippen molar-refractivity contribution in [3.05, 3.63) is 12.7 Å². The molecule has 2 fully saturated rings. The van der Waals surface area contributed by atoms with Gasteiger partial charge in [0.2, 0.25) is 0 Å². The van der Waals surface area contributed by atoms with Gasteiger partial charge in [0.25, 0.3) is 0 Å². The van der Waals surface area contributed by atoms with Crippen molar-refractivity contribution in [2.24, 2.45) is 0 Å². The zero-order valence-corrected chi connectivity index (χ0v) is 9.28. The monoisotopic (exact) mass is 194 g/mol. The highest BCUT2D eigenvalue weighted by molar-refractivity contribution is 4.91. The fraction of sp³-hybridized carbons (Fsp3) is 0.833. The van der Waals surface area contributed by atoms with Gasteiger partial charge in [-0.25, -0.2) is 0 Å². The lowest BCUT2D eigenvalue weighted by molar-refractivity contribution is 0.0400. The van der Waals surface area contributed by atoms with Gasteiger partial charge >= 0.3 is 0 Å². The lowest BCUT2D eigenvalue weighted by Gasteiger charge is -2.45. The molecule has 2 saturated heterocycles. The summed E-state index contributed by atoms with van der Waals surface area (Å²) in [6, 6.07) is 1.39. The lowest BCUT2D eigenvalue weighted by atomic mass is 9.99. The molecule has 80 valence electrons. The van der Waals surface area contributed by atoms with Crippen LogP contribution in [0, 0.1) is 0 Å². The summed E-state index contributed by atoms with van der Waals surface area (Å²) in [5, 5.41) is 0. The Hall–Kier alpha value is -0.340. The Morgan fingerprint density at radius 2 is 2.14 bits per heavy atom. The van der Waals surface area contributed by atoms with Crippen LogP contribution in [0.25, 0.3) is 0 Å². The standard InChI is InChI=1S/C12H22N2/c1-3-11(2)14-9-8-13-7-5-4-6-12(13)10-14/h3,11-12H,1,4-10H2,2H3. The maximum atomic E-state index is 3.88. The average Bonchev–Trinajstić information content (AvgIpc) is 2.27. The normalized spacial score (nSPS) is 32.2. The van der Waals surface area contributed by atoms with Crippen LogP contribution < -0.4 is 0 Å². The van der Waals surface area contributed by atoms with Gasteiger partial charge in [-0.3, -0.25) is 9.80 Å². The predicted octanol–water partition coefficient (Wildman–Crippen LogP) is 1.73. The molecule has 0 aliphatic carbocycles. The van der Waals surface area contributed by atoms with E-state index >= 15 is 0 Å². The largest absolute Gasteiger partial charge is 0.298 e. The van der Waals surface area contributed by atoms with Gasteiger partial charge < -0.3 is 0 Å². The molecule has 0 aromatic rings. The van der Waals surface area contributed by atoms with Crippen LogP contribution in [0.4, 0.5) is 0 Å². The zero-order valence-electron chi connectivity index (χ0n) is 9.28. The third-order valence-corrected chi connectivity index (χ3v) is 3.79. The Morgan fingerprint density at radius 3 is 2.93 bits per heavy atom. The average molecular weight is 194 g/mol. The van der Waals surface area contributed by atoms with Crippen LogP contribution in [-0.2, 0) is 0 Å². The van der Waals surface area contributed by atoms with E-state index in [2.05, 4.69) is 29.4 Å². The molecule has 2 heteroatoms. The van der Waals surface area contributed by atoms with Crippen LogP contribution in [0.1, 0.15) is 26.2 Å². The summed E-state index contributed by atoms with van der Waals surface area (Å²) in [5.41, 5.74) is 0. The van der Waals surface area contributed by atoms with Gasteiger partial charge in [-0.2, -0.15) is 0 Å². The molecule has 0 amide bonds. The molecule has 0 aromatic carbocycles. The van der Waals surface area contributed by atoms with Crippen molar-refractivity contribution in [3.8, 4) is 0 Å². The Labute approximate surface area is 87.6 Å². The van der Waals surface area contributed by atoms with Gasteiger partial charge in [0.05, 0.1) is 0 Å². The van der Waals surface area contributed by atoms with Crippen LogP contribution in [0.3, 0.4) is 0 Å². The molecule has 2 rings (SSSR count). The fourth-order valence-electron chi connectivity index (χ4n) is 2.70. The summed E-state index contributed by atoms with van der Waals surface area (Å²) < 4.78 is 0. The molecule has 0 radical (unpaired) electrons. The highest BCUT2D eigenvalue weighted by Crippen LogP contribution is 2.22. The molecule has 0 bridgehead atoms. The second-order valence-corrected chi connectivity index (χ2v) is 4.66. The van der Waals surface area contributed by atoms with E-state index < -0.39 is 0 Å². The Kier molecular flexibility index (Phi) is 3.24. The summed E-state index contributed by atoms with van der Waals surface area (Å²) in [7, 11) is 0. The van der Waals surface area contributed by atoms with Gasteiger partial charge in [-0.15, -0.1) is 6.58 Å². The molecule has 14 heavy (non-hydrogen) atoms. The van der Waals surface area contributed by atoms with E-state index in [1.165, 1.54) is 45.4 Å². The molecular formula is C12H22N2. The summed E-state index contributed by atoms with van der Waals surface area (Å²) in [6.07, 6.45) is 6.31. The SMILES string of the molecule is C=CC(C)N1CCN2CCCCC2C1. The Morgan fingerprint density at radius 1 is 1.29 bits per heavy atom. The highest BCUT2D eigenvalue weighted by atomic mass is 15.3. The molecule has 2 nitrogen and oxygen atoms in total. The van der Waals surface area contributed by atoms with Crippen LogP contribution in [-0.4, -0.2) is 48.1 Å². The Balaban J connectivity index is 1.92. The van der Waals surface area contributed by atoms with Crippen molar-refractivity contribution in [1.82, 2.24) is 9.80 Å². The van der Waals surface area contributed by atoms with E-state index in [1.54, 1.807) is 0 Å². The quantitative estimate of drug-likeness (QED) is 0.618. The molecule has 2 aliphatic rings. The van der Waals surface area contributed by atoms with Crippen LogP contribution in [0.2, 0.25) is 0 Å². The first-order valence-electron chi connectivity index (χ1n) is 5.92. The number of piperidine rings is 1. The van der Waals surface area contributed by atoms with Gasteiger partial charge in [0.15, 0.2) is 0 Å². The molecule has 2 unspecified atom stereocenters. The molecule has 2 atom stereocenters. The van der Waals surface area contributed by atoms with Crippen molar-refractivity contribution < 1.29 is 0 Å². The predicted molar refractivity (Wildman–Crippen MR) is 60.4 cm³/mol. The minimum absolute atomic E-state index is 0.555. The molecule has 0 N–H and O–H groups in total. The van der Waals surface area contributed by atoms with E-state index in [9.17, 15) is 0 Å². The Bertz CT molecular complexity index is 202. The van der Waals surface area contributed by atoms with Gasteiger partial charge in [-0.05, 0) is 26.3 Å². The second-order valence-electron chi connectivity index (χ2n) is 4.66. The summed E-state index contributed by atoms with van der Waals surface area (Å²) >= 11 is 0. The van der Waals surface area contributed by atoms with E-state index in [0.717, 1.165) is 6.04 Å². The fourth-order valence-corrected chi connectivity index (χ4v) is 2.70. The number of hydrogen-bond donors (Lipinski definition) is 0. The molecular weight excluding hydrogens is 172 g/mol. The summed E-state index contributed by atoms with van der Waals surface area (Å²) in [5.74, 6) is 0. The minimum Gasteiger partial charge on any atom is -0.298 e. The highest BCUT2D eigenvalue weighted by Gasteiger charge is 2.29. The number of nitrogens with zero attached hydrogens (tertiary/aromatic N) is 2. The molecule has 0 spiro atoms. The van der Waals surface area contributed by atoms with Gasteiger partial charge in [0.1, 0.15) is 0 Å². The lowest BCUT2D eigenvalue weighted by Crippen LogP contribution is -2.56. The molecule has 2 aliphatic heterocycles. The first-order chi connectivity index (χ1) is 6.81. The molecule has 2 heterocycles. The maximum absolute atomic E-state index is 3.88. The van der Waals surface area contributed by atoms with E-state index in [-0.39, 0.29) is 0 Å².